The Balaban J connectivity index is 1.60. The average Bonchev–Trinajstić information content (AvgIpc) is 3.24. The van der Waals surface area contributed by atoms with E-state index >= 15 is 0 Å². The van der Waals surface area contributed by atoms with Crippen LogP contribution in [0.15, 0.2) is 36.4 Å². The van der Waals surface area contributed by atoms with Gasteiger partial charge in [0.1, 0.15) is 0 Å². The summed E-state index contributed by atoms with van der Waals surface area (Å²) in [5.41, 5.74) is 2.00. The van der Waals surface area contributed by atoms with Crippen LogP contribution in [0.4, 0.5) is 10.8 Å². The predicted molar refractivity (Wildman–Crippen MR) is 126 cm³/mol. The first kappa shape index (κ1) is 22.6. The molecule has 0 N–H and O–H groups in total. The number of anilines is 1. The highest BCUT2D eigenvalue weighted by atomic mass is 35.5. The molecule has 0 aliphatic carbocycles. The molecule has 0 spiro atoms. The van der Waals surface area contributed by atoms with Crippen LogP contribution in [-0.2, 0) is 4.74 Å². The van der Waals surface area contributed by atoms with Crippen molar-refractivity contribution in [2.45, 2.75) is 13.3 Å². The number of carbonyl (C=O) groups excluding carboxylic acids is 1. The summed E-state index contributed by atoms with van der Waals surface area (Å²) in [5, 5.41) is 12.2. The topological polar surface area (TPSA) is 88.8 Å². The number of nitrogens with zero attached hydrogens (tertiary/aromatic N) is 4. The quantitative estimate of drug-likeness (QED) is 0.369. The lowest BCUT2D eigenvalue weighted by molar-refractivity contribution is -0.384. The molecule has 1 aromatic heterocycles. The van der Waals surface area contributed by atoms with Gasteiger partial charge in [0.15, 0.2) is 5.13 Å². The number of benzene rings is 2. The predicted octanol–water partition coefficient (Wildman–Crippen LogP) is 4.54. The summed E-state index contributed by atoms with van der Waals surface area (Å²) < 4.78 is 6.36. The van der Waals surface area contributed by atoms with Gasteiger partial charge in [0, 0.05) is 48.9 Å². The first-order valence-corrected chi connectivity index (χ1v) is 11.6. The number of rotatable bonds is 7. The van der Waals surface area contributed by atoms with Crippen molar-refractivity contribution in [1.29, 1.82) is 0 Å². The van der Waals surface area contributed by atoms with Crippen molar-refractivity contribution in [1.82, 2.24) is 9.88 Å². The van der Waals surface area contributed by atoms with Gasteiger partial charge in [-0.2, -0.15) is 0 Å². The normalized spacial score (nSPS) is 14.6. The first-order chi connectivity index (χ1) is 15.4. The lowest BCUT2D eigenvalue weighted by atomic mass is 10.2. The average molecular weight is 475 g/mol. The number of ether oxygens (including phenoxy) is 1. The van der Waals surface area contributed by atoms with Gasteiger partial charge in [0.05, 0.1) is 28.4 Å². The molecule has 0 bridgehead atoms. The van der Waals surface area contributed by atoms with Crippen LogP contribution in [0, 0.1) is 17.0 Å². The second kappa shape index (κ2) is 9.91. The van der Waals surface area contributed by atoms with E-state index in [1.807, 2.05) is 19.1 Å². The second-order valence-electron chi connectivity index (χ2n) is 7.58. The maximum atomic E-state index is 13.4. The standard InChI is InChI=1S/C22H23ClN4O4S/c1-15-18(23)7-8-19-20(15)24-22(32-19)26(10-2-9-25-11-13-31-14-12-25)21(28)16-3-5-17(6-4-16)27(29)30/h3-8H,2,9-14H2,1H3. The molecular weight excluding hydrogens is 452 g/mol. The van der Waals surface area contributed by atoms with Gasteiger partial charge < -0.3 is 4.74 Å². The SMILES string of the molecule is Cc1c(Cl)ccc2sc(N(CCCN3CCOCC3)C(=O)c3ccc([N+](=O)[O-])cc3)nc12. The number of amides is 1. The number of carbonyl (C=O) groups is 1. The van der Waals surface area contributed by atoms with E-state index in [2.05, 4.69) is 4.90 Å². The Bertz CT molecular complexity index is 1130. The molecule has 32 heavy (non-hydrogen) atoms. The number of thiazole rings is 1. The molecule has 0 atom stereocenters. The van der Waals surface area contributed by atoms with Gasteiger partial charge in [-0.15, -0.1) is 0 Å². The maximum Gasteiger partial charge on any atom is 0.269 e. The molecule has 0 saturated carbocycles. The van der Waals surface area contributed by atoms with Crippen LogP contribution < -0.4 is 4.90 Å². The van der Waals surface area contributed by atoms with Crippen molar-refractivity contribution in [3.63, 3.8) is 0 Å². The highest BCUT2D eigenvalue weighted by molar-refractivity contribution is 7.22. The zero-order valence-corrected chi connectivity index (χ0v) is 19.2. The fourth-order valence-electron chi connectivity index (χ4n) is 3.65. The maximum absolute atomic E-state index is 13.4. The molecule has 1 fully saturated rings. The molecule has 2 heterocycles. The van der Waals surface area contributed by atoms with E-state index in [4.69, 9.17) is 21.3 Å². The smallest absolute Gasteiger partial charge is 0.269 e. The van der Waals surface area contributed by atoms with Gasteiger partial charge in [-0.1, -0.05) is 22.9 Å². The monoisotopic (exact) mass is 474 g/mol. The first-order valence-electron chi connectivity index (χ1n) is 10.4. The second-order valence-corrected chi connectivity index (χ2v) is 9.00. The van der Waals surface area contributed by atoms with E-state index in [1.54, 1.807) is 4.90 Å². The number of hydrogen-bond donors (Lipinski definition) is 0. The van der Waals surface area contributed by atoms with Crippen LogP contribution in [0.25, 0.3) is 10.2 Å². The summed E-state index contributed by atoms with van der Waals surface area (Å²) in [7, 11) is 0. The summed E-state index contributed by atoms with van der Waals surface area (Å²) in [5.74, 6) is -0.232. The minimum atomic E-state index is -0.478. The summed E-state index contributed by atoms with van der Waals surface area (Å²) in [6.07, 6.45) is 0.772. The van der Waals surface area contributed by atoms with Crippen molar-refractivity contribution < 1.29 is 14.5 Å². The van der Waals surface area contributed by atoms with Crippen molar-refractivity contribution in [3.05, 3.63) is 62.7 Å². The number of nitro groups is 1. The molecule has 168 valence electrons. The van der Waals surface area contributed by atoms with Gasteiger partial charge in [0.25, 0.3) is 11.6 Å². The fraction of sp³-hybridized carbons (Fsp3) is 0.364. The number of aryl methyl sites for hydroxylation is 1. The number of nitro benzene ring substituents is 1. The molecule has 0 radical (unpaired) electrons. The molecular formula is C22H23ClN4O4S. The molecule has 1 aliphatic rings. The molecule has 4 rings (SSSR count). The van der Waals surface area contributed by atoms with Crippen LogP contribution in [0.2, 0.25) is 5.02 Å². The highest BCUT2D eigenvalue weighted by Gasteiger charge is 2.23. The molecule has 1 amide bonds. The van der Waals surface area contributed by atoms with Gasteiger partial charge in [-0.3, -0.25) is 24.7 Å². The fourth-order valence-corrected chi connectivity index (χ4v) is 4.85. The third-order valence-corrected chi connectivity index (χ3v) is 6.95. The lowest BCUT2D eigenvalue weighted by Crippen LogP contribution is -2.39. The minimum absolute atomic E-state index is 0.0503. The largest absolute Gasteiger partial charge is 0.379 e. The molecule has 1 aliphatic heterocycles. The Morgan fingerprint density at radius 3 is 2.66 bits per heavy atom. The molecule has 3 aromatic rings. The van der Waals surface area contributed by atoms with E-state index in [0.29, 0.717) is 22.3 Å². The molecule has 2 aromatic carbocycles. The number of halogens is 1. The van der Waals surface area contributed by atoms with E-state index < -0.39 is 4.92 Å². The Morgan fingerprint density at radius 2 is 1.97 bits per heavy atom. The van der Waals surface area contributed by atoms with Crippen LogP contribution in [0.1, 0.15) is 22.3 Å². The molecule has 10 heteroatoms. The van der Waals surface area contributed by atoms with Crippen molar-refractivity contribution >= 4 is 49.9 Å². The minimum Gasteiger partial charge on any atom is -0.379 e. The van der Waals surface area contributed by atoms with E-state index in [0.717, 1.165) is 55.0 Å². The van der Waals surface area contributed by atoms with Crippen molar-refractivity contribution in [3.8, 4) is 0 Å². The molecule has 8 nitrogen and oxygen atoms in total. The molecule has 0 unspecified atom stereocenters. The van der Waals surface area contributed by atoms with Gasteiger partial charge in [-0.05, 0) is 43.2 Å². The van der Waals surface area contributed by atoms with Crippen molar-refractivity contribution in [2.24, 2.45) is 0 Å². The summed E-state index contributed by atoms with van der Waals surface area (Å²) >= 11 is 7.70. The zero-order chi connectivity index (χ0) is 22.7. The van der Waals surface area contributed by atoms with Crippen molar-refractivity contribution in [2.75, 3.05) is 44.3 Å². The third-order valence-electron chi connectivity index (χ3n) is 5.50. The van der Waals surface area contributed by atoms with Crippen LogP contribution in [-0.4, -0.2) is 60.1 Å². The Kier molecular flexibility index (Phi) is 7.00. The van der Waals surface area contributed by atoms with Crippen LogP contribution >= 0.6 is 22.9 Å². The van der Waals surface area contributed by atoms with Crippen LogP contribution in [0.5, 0.6) is 0 Å². The summed E-state index contributed by atoms with van der Waals surface area (Å²) in [4.78, 5) is 32.6. The number of aromatic nitrogens is 1. The van der Waals surface area contributed by atoms with E-state index in [9.17, 15) is 14.9 Å². The van der Waals surface area contributed by atoms with Gasteiger partial charge >= 0.3 is 0 Å². The number of hydrogen-bond acceptors (Lipinski definition) is 7. The number of morpholine rings is 1. The zero-order valence-electron chi connectivity index (χ0n) is 17.6. The summed E-state index contributed by atoms with van der Waals surface area (Å²) in [6.45, 7) is 6.47. The lowest BCUT2D eigenvalue weighted by Gasteiger charge is -2.27. The van der Waals surface area contributed by atoms with Crippen LogP contribution in [0.3, 0.4) is 0 Å². The van der Waals surface area contributed by atoms with Gasteiger partial charge in [-0.25, -0.2) is 4.98 Å². The molecule has 1 saturated heterocycles. The van der Waals surface area contributed by atoms with E-state index in [1.165, 1.54) is 35.6 Å². The number of fused-ring (bicyclic) bond motifs is 1. The number of non-ortho nitro benzene ring substituents is 1. The summed E-state index contributed by atoms with van der Waals surface area (Å²) in [6, 6.07) is 9.43. The highest BCUT2D eigenvalue weighted by Crippen LogP contribution is 2.34. The Labute approximate surface area is 194 Å². The van der Waals surface area contributed by atoms with Gasteiger partial charge in [0.2, 0.25) is 0 Å². The third kappa shape index (κ3) is 4.91. The van der Waals surface area contributed by atoms with E-state index in [-0.39, 0.29) is 11.6 Å². The Hall–Kier alpha value is -2.59. The Morgan fingerprint density at radius 1 is 1.25 bits per heavy atom.